The van der Waals surface area contributed by atoms with Gasteiger partial charge in [-0.05, 0) is 38.5 Å². The Morgan fingerprint density at radius 2 is 2.07 bits per heavy atom. The number of aliphatic hydroxyl groups is 1. The van der Waals surface area contributed by atoms with Gasteiger partial charge in [-0.2, -0.15) is 0 Å². The molecule has 82 valence electrons. The van der Waals surface area contributed by atoms with E-state index >= 15 is 0 Å². The molecule has 0 heterocycles. The Bertz CT molecular complexity index is 187. The van der Waals surface area contributed by atoms with E-state index in [-0.39, 0.29) is 12.0 Å². The number of amides is 1. The summed E-state index contributed by atoms with van der Waals surface area (Å²) in [5.41, 5.74) is 5.42. The summed E-state index contributed by atoms with van der Waals surface area (Å²) < 4.78 is 0. The summed E-state index contributed by atoms with van der Waals surface area (Å²) >= 11 is 0. The average Bonchev–Trinajstić information content (AvgIpc) is 2.16. The molecule has 1 aliphatic carbocycles. The highest BCUT2D eigenvalue weighted by Gasteiger charge is 2.19. The van der Waals surface area contributed by atoms with Gasteiger partial charge in [-0.25, -0.2) is 0 Å². The molecule has 1 unspecified atom stereocenters. The van der Waals surface area contributed by atoms with Gasteiger partial charge in [0.2, 0.25) is 5.91 Å². The Balaban J connectivity index is 2.16. The van der Waals surface area contributed by atoms with Crippen molar-refractivity contribution in [3.05, 3.63) is 0 Å². The number of nitrogens with two attached hydrogens (primary N) is 1. The monoisotopic (exact) mass is 200 g/mol. The molecule has 0 bridgehead atoms. The maximum Gasteiger partial charge on any atom is 0.236 e. The Hall–Kier alpha value is -0.610. The lowest BCUT2D eigenvalue weighted by Gasteiger charge is -2.25. The van der Waals surface area contributed by atoms with E-state index in [0.29, 0.717) is 12.5 Å². The Morgan fingerprint density at radius 1 is 1.50 bits per heavy atom. The molecule has 1 fully saturated rings. The van der Waals surface area contributed by atoms with Crippen molar-refractivity contribution in [3.8, 4) is 0 Å². The van der Waals surface area contributed by atoms with Gasteiger partial charge in [-0.1, -0.05) is 0 Å². The molecule has 0 spiro atoms. The van der Waals surface area contributed by atoms with Crippen LogP contribution in [0.4, 0.5) is 0 Å². The zero-order valence-electron chi connectivity index (χ0n) is 8.70. The molecule has 4 heteroatoms. The Morgan fingerprint density at radius 3 is 2.57 bits per heavy atom. The second-order valence-electron chi connectivity index (χ2n) is 4.21. The van der Waals surface area contributed by atoms with Crippen LogP contribution in [0.5, 0.6) is 0 Å². The Labute approximate surface area is 84.9 Å². The van der Waals surface area contributed by atoms with Gasteiger partial charge in [-0.3, -0.25) is 4.79 Å². The number of nitrogens with one attached hydrogen (secondary N) is 1. The second-order valence-corrected chi connectivity index (χ2v) is 4.21. The van der Waals surface area contributed by atoms with Crippen LogP contribution in [-0.4, -0.2) is 29.7 Å². The lowest BCUT2D eigenvalue weighted by atomic mass is 9.87. The third kappa shape index (κ3) is 3.64. The number of hydrogen-bond donors (Lipinski definition) is 3. The van der Waals surface area contributed by atoms with Crippen molar-refractivity contribution in [2.75, 3.05) is 6.54 Å². The van der Waals surface area contributed by atoms with Gasteiger partial charge in [-0.15, -0.1) is 0 Å². The molecule has 1 amide bonds. The third-order valence-corrected chi connectivity index (χ3v) is 2.79. The molecule has 1 atom stereocenters. The molecule has 0 aromatic heterocycles. The first-order valence-electron chi connectivity index (χ1n) is 5.31. The molecule has 14 heavy (non-hydrogen) atoms. The van der Waals surface area contributed by atoms with Crippen molar-refractivity contribution < 1.29 is 9.90 Å². The van der Waals surface area contributed by atoms with Crippen molar-refractivity contribution in [3.63, 3.8) is 0 Å². The largest absolute Gasteiger partial charge is 0.393 e. The maximum atomic E-state index is 11.2. The zero-order valence-corrected chi connectivity index (χ0v) is 8.70. The molecule has 0 radical (unpaired) electrons. The summed E-state index contributed by atoms with van der Waals surface area (Å²) in [6, 6.07) is -0.427. The minimum atomic E-state index is -0.427. The van der Waals surface area contributed by atoms with Crippen molar-refractivity contribution in [1.82, 2.24) is 5.32 Å². The van der Waals surface area contributed by atoms with E-state index in [2.05, 4.69) is 5.32 Å². The van der Waals surface area contributed by atoms with E-state index in [1.54, 1.807) is 6.92 Å². The standard InChI is InChI=1S/C10H20N2O2/c1-7(11)10(14)12-6-8-2-4-9(13)5-3-8/h7-9,13H,2-6,11H2,1H3,(H,12,14). The summed E-state index contributed by atoms with van der Waals surface area (Å²) in [4.78, 5) is 11.2. The molecule has 0 aromatic rings. The van der Waals surface area contributed by atoms with E-state index < -0.39 is 6.04 Å². The van der Waals surface area contributed by atoms with Gasteiger partial charge in [0, 0.05) is 6.54 Å². The minimum Gasteiger partial charge on any atom is -0.393 e. The van der Waals surface area contributed by atoms with Crippen molar-refractivity contribution in [1.29, 1.82) is 0 Å². The molecule has 0 aromatic carbocycles. The first-order valence-corrected chi connectivity index (χ1v) is 5.31. The van der Waals surface area contributed by atoms with Crippen LogP contribution in [0.25, 0.3) is 0 Å². The van der Waals surface area contributed by atoms with Crippen LogP contribution in [0.1, 0.15) is 32.6 Å². The summed E-state index contributed by atoms with van der Waals surface area (Å²) in [5, 5.41) is 12.1. The molecule has 1 rings (SSSR count). The van der Waals surface area contributed by atoms with Crippen LogP contribution in [0.3, 0.4) is 0 Å². The quantitative estimate of drug-likeness (QED) is 0.600. The lowest BCUT2D eigenvalue weighted by molar-refractivity contribution is -0.122. The van der Waals surface area contributed by atoms with Gasteiger partial charge in [0.25, 0.3) is 0 Å². The molecular formula is C10H20N2O2. The fourth-order valence-electron chi connectivity index (χ4n) is 1.75. The maximum absolute atomic E-state index is 11.2. The number of carbonyl (C=O) groups is 1. The van der Waals surface area contributed by atoms with Gasteiger partial charge >= 0.3 is 0 Å². The summed E-state index contributed by atoms with van der Waals surface area (Å²) in [7, 11) is 0. The first-order chi connectivity index (χ1) is 6.59. The normalized spacial score (nSPS) is 29.6. The van der Waals surface area contributed by atoms with Crippen LogP contribution < -0.4 is 11.1 Å². The highest BCUT2D eigenvalue weighted by Crippen LogP contribution is 2.23. The fraction of sp³-hybridized carbons (Fsp3) is 0.900. The van der Waals surface area contributed by atoms with Crippen LogP contribution >= 0.6 is 0 Å². The van der Waals surface area contributed by atoms with E-state index in [9.17, 15) is 9.90 Å². The highest BCUT2D eigenvalue weighted by molar-refractivity contribution is 5.80. The van der Waals surface area contributed by atoms with Crippen molar-refractivity contribution in [2.24, 2.45) is 11.7 Å². The Kier molecular flexibility index (Phi) is 4.35. The van der Waals surface area contributed by atoms with E-state index in [0.717, 1.165) is 25.7 Å². The van der Waals surface area contributed by atoms with Crippen LogP contribution in [0, 0.1) is 5.92 Å². The van der Waals surface area contributed by atoms with Gasteiger partial charge in [0.15, 0.2) is 0 Å². The third-order valence-electron chi connectivity index (χ3n) is 2.79. The SMILES string of the molecule is CC(N)C(=O)NCC1CCC(O)CC1. The van der Waals surface area contributed by atoms with E-state index in [1.807, 2.05) is 0 Å². The van der Waals surface area contributed by atoms with Gasteiger partial charge in [0.1, 0.15) is 0 Å². The molecule has 4 N–H and O–H groups in total. The van der Waals surface area contributed by atoms with Crippen LogP contribution in [0.15, 0.2) is 0 Å². The topological polar surface area (TPSA) is 75.4 Å². The molecule has 1 saturated carbocycles. The van der Waals surface area contributed by atoms with Gasteiger partial charge < -0.3 is 16.2 Å². The highest BCUT2D eigenvalue weighted by atomic mass is 16.3. The van der Waals surface area contributed by atoms with E-state index in [1.165, 1.54) is 0 Å². The molecule has 0 saturated heterocycles. The summed E-state index contributed by atoms with van der Waals surface area (Å²) in [6.07, 6.45) is 3.59. The smallest absolute Gasteiger partial charge is 0.236 e. The molecule has 1 aliphatic rings. The molecular weight excluding hydrogens is 180 g/mol. The number of carbonyl (C=O) groups excluding carboxylic acids is 1. The molecule has 0 aliphatic heterocycles. The van der Waals surface area contributed by atoms with Crippen LogP contribution in [-0.2, 0) is 4.79 Å². The fourth-order valence-corrected chi connectivity index (χ4v) is 1.75. The second kappa shape index (κ2) is 5.32. The van der Waals surface area contributed by atoms with E-state index in [4.69, 9.17) is 5.73 Å². The zero-order chi connectivity index (χ0) is 10.6. The molecule has 4 nitrogen and oxygen atoms in total. The van der Waals surface area contributed by atoms with Crippen molar-refractivity contribution >= 4 is 5.91 Å². The van der Waals surface area contributed by atoms with Crippen LogP contribution in [0.2, 0.25) is 0 Å². The number of hydrogen-bond acceptors (Lipinski definition) is 3. The lowest BCUT2D eigenvalue weighted by Crippen LogP contribution is -2.41. The minimum absolute atomic E-state index is 0.0869. The number of rotatable bonds is 3. The average molecular weight is 200 g/mol. The predicted molar refractivity (Wildman–Crippen MR) is 54.6 cm³/mol. The predicted octanol–water partition coefficient (Wildman–Crippen LogP) is 0.000900. The summed E-state index contributed by atoms with van der Waals surface area (Å²) in [6.45, 7) is 2.38. The number of aliphatic hydroxyl groups excluding tert-OH is 1. The van der Waals surface area contributed by atoms with Gasteiger partial charge in [0.05, 0.1) is 12.1 Å². The summed E-state index contributed by atoms with van der Waals surface area (Å²) in [5.74, 6) is 0.428. The first kappa shape index (κ1) is 11.5. The van der Waals surface area contributed by atoms with Crippen molar-refractivity contribution in [2.45, 2.75) is 44.8 Å².